The summed E-state index contributed by atoms with van der Waals surface area (Å²) >= 11 is 0. The molecule has 2 aliphatic rings. The Hall–Kier alpha value is -3.16. The molecule has 4 nitrogen and oxygen atoms in total. The van der Waals surface area contributed by atoms with Crippen molar-refractivity contribution in [1.29, 1.82) is 0 Å². The van der Waals surface area contributed by atoms with E-state index in [0.29, 0.717) is 22.2 Å². The second-order valence-corrected chi connectivity index (χ2v) is 8.63. The molecule has 0 radical (unpaired) electrons. The Kier molecular flexibility index (Phi) is 5.03. The van der Waals surface area contributed by atoms with Crippen LogP contribution in [0.3, 0.4) is 0 Å². The molecule has 32 heavy (non-hydrogen) atoms. The number of rotatable bonds is 4. The van der Waals surface area contributed by atoms with E-state index in [2.05, 4.69) is 15.6 Å². The van der Waals surface area contributed by atoms with E-state index in [4.69, 9.17) is 0 Å². The van der Waals surface area contributed by atoms with Crippen molar-refractivity contribution in [2.24, 2.45) is 11.8 Å². The molecule has 2 bridgehead atoms. The molecular weight excluding hydrogens is 422 g/mol. The molecule has 2 aliphatic carbocycles. The van der Waals surface area contributed by atoms with Crippen LogP contribution in [0.1, 0.15) is 35.3 Å². The molecule has 0 spiro atoms. The Labute approximate surface area is 182 Å². The van der Waals surface area contributed by atoms with E-state index in [-0.39, 0.29) is 29.8 Å². The number of halogens is 4. The first-order valence-electron chi connectivity index (χ1n) is 10.6. The van der Waals surface area contributed by atoms with Gasteiger partial charge in [0.1, 0.15) is 11.5 Å². The highest BCUT2D eigenvalue weighted by molar-refractivity contribution is 5.94. The number of fused-ring (bicyclic) bond motifs is 3. The minimum Gasteiger partial charge on any atom is -0.381 e. The second-order valence-electron chi connectivity index (χ2n) is 8.63. The summed E-state index contributed by atoms with van der Waals surface area (Å²) in [5, 5.41) is 7.04. The number of benzene rings is 2. The summed E-state index contributed by atoms with van der Waals surface area (Å²) in [5.74, 6) is -0.133. The molecule has 3 unspecified atom stereocenters. The highest BCUT2D eigenvalue weighted by Crippen LogP contribution is 2.46. The van der Waals surface area contributed by atoms with Gasteiger partial charge in [0.15, 0.2) is 0 Å². The third-order valence-corrected chi connectivity index (χ3v) is 6.63. The fourth-order valence-electron chi connectivity index (χ4n) is 5.12. The Balaban J connectivity index is 1.30. The van der Waals surface area contributed by atoms with Crippen LogP contribution >= 0.6 is 0 Å². The van der Waals surface area contributed by atoms with Crippen molar-refractivity contribution in [3.8, 4) is 0 Å². The van der Waals surface area contributed by atoms with Gasteiger partial charge in [-0.15, -0.1) is 0 Å². The predicted octanol–water partition coefficient (Wildman–Crippen LogP) is 5.40. The Morgan fingerprint density at radius 3 is 2.31 bits per heavy atom. The van der Waals surface area contributed by atoms with E-state index in [1.807, 2.05) is 0 Å². The molecule has 2 N–H and O–H groups in total. The zero-order valence-electron chi connectivity index (χ0n) is 17.0. The van der Waals surface area contributed by atoms with Crippen molar-refractivity contribution >= 4 is 22.5 Å². The van der Waals surface area contributed by atoms with E-state index in [9.17, 15) is 22.4 Å². The smallest absolute Gasteiger partial charge is 0.381 e. The molecular formula is C24H21F4N3O. The summed E-state index contributed by atoms with van der Waals surface area (Å²) in [4.78, 5) is 16.2. The number of carbonyl (C=O) groups excluding carboxylic acids is 1. The first kappa shape index (κ1) is 20.7. The zero-order chi connectivity index (χ0) is 22.5. The predicted molar refractivity (Wildman–Crippen MR) is 113 cm³/mol. The van der Waals surface area contributed by atoms with Crippen LogP contribution in [0, 0.1) is 17.7 Å². The molecule has 1 heterocycles. The monoisotopic (exact) mass is 443 g/mol. The van der Waals surface area contributed by atoms with Crippen molar-refractivity contribution in [3.63, 3.8) is 0 Å². The van der Waals surface area contributed by atoms with E-state index < -0.39 is 17.7 Å². The second kappa shape index (κ2) is 7.76. The lowest BCUT2D eigenvalue weighted by atomic mass is 9.90. The number of pyridine rings is 1. The molecule has 166 valence electrons. The summed E-state index contributed by atoms with van der Waals surface area (Å²) in [7, 11) is 0. The van der Waals surface area contributed by atoms with Crippen molar-refractivity contribution < 1.29 is 22.4 Å². The van der Waals surface area contributed by atoms with E-state index >= 15 is 0 Å². The molecule has 4 atom stereocenters. The van der Waals surface area contributed by atoms with Crippen molar-refractivity contribution in [2.75, 3.05) is 5.32 Å². The number of alkyl halides is 3. The first-order valence-corrected chi connectivity index (χ1v) is 10.6. The molecule has 2 saturated carbocycles. The lowest BCUT2D eigenvalue weighted by Gasteiger charge is -2.30. The first-order chi connectivity index (χ1) is 15.3. The number of anilines is 1. The molecule has 2 fully saturated rings. The maximum absolute atomic E-state index is 13.3. The fraction of sp³-hybridized carbons (Fsp3) is 0.333. The van der Waals surface area contributed by atoms with Gasteiger partial charge in [-0.25, -0.2) is 9.37 Å². The summed E-state index contributed by atoms with van der Waals surface area (Å²) in [6, 6.07) is 13.3. The van der Waals surface area contributed by atoms with Crippen LogP contribution in [-0.2, 0) is 6.18 Å². The van der Waals surface area contributed by atoms with E-state index in [1.165, 1.54) is 24.3 Å². The molecule has 1 amide bonds. The van der Waals surface area contributed by atoms with Gasteiger partial charge < -0.3 is 10.6 Å². The van der Waals surface area contributed by atoms with Gasteiger partial charge >= 0.3 is 6.18 Å². The minimum absolute atomic E-state index is 0.00974. The van der Waals surface area contributed by atoms with Gasteiger partial charge in [0, 0.05) is 28.7 Å². The van der Waals surface area contributed by atoms with Crippen LogP contribution < -0.4 is 10.6 Å². The molecule has 0 saturated heterocycles. The number of para-hydroxylation sites is 1. The van der Waals surface area contributed by atoms with Gasteiger partial charge in [0.05, 0.1) is 5.52 Å². The van der Waals surface area contributed by atoms with Crippen molar-refractivity contribution in [3.05, 3.63) is 71.7 Å². The quantitative estimate of drug-likeness (QED) is 0.531. The van der Waals surface area contributed by atoms with Gasteiger partial charge in [-0.05, 0) is 67.5 Å². The largest absolute Gasteiger partial charge is 0.433 e. The Bertz CT molecular complexity index is 1160. The maximum Gasteiger partial charge on any atom is 0.433 e. The lowest BCUT2D eigenvalue weighted by Crippen LogP contribution is -2.42. The number of amides is 1. The van der Waals surface area contributed by atoms with E-state index in [0.717, 1.165) is 25.3 Å². The average Bonchev–Trinajstić information content (AvgIpc) is 3.33. The zero-order valence-corrected chi connectivity index (χ0v) is 17.0. The molecule has 2 aromatic carbocycles. The third kappa shape index (κ3) is 3.89. The van der Waals surface area contributed by atoms with Gasteiger partial charge in [0.25, 0.3) is 5.91 Å². The van der Waals surface area contributed by atoms with Crippen LogP contribution in [0.4, 0.5) is 23.2 Å². The number of nitrogens with zero attached hydrogens (tertiary/aromatic N) is 1. The summed E-state index contributed by atoms with van der Waals surface area (Å²) in [6.07, 6.45) is -2.10. The average molecular weight is 443 g/mol. The Morgan fingerprint density at radius 1 is 0.938 bits per heavy atom. The number of carbonyl (C=O) groups is 1. The number of hydrogen-bond acceptors (Lipinski definition) is 3. The number of nitrogens with one attached hydrogen (secondary N) is 2. The normalized spacial score (nSPS) is 24.6. The van der Waals surface area contributed by atoms with E-state index in [1.54, 1.807) is 24.3 Å². The summed E-state index contributed by atoms with van der Waals surface area (Å²) in [6.45, 7) is 0. The highest BCUT2D eigenvalue weighted by Gasteiger charge is 2.46. The molecule has 3 aromatic rings. The van der Waals surface area contributed by atoms with Gasteiger partial charge in [-0.1, -0.05) is 18.2 Å². The highest BCUT2D eigenvalue weighted by atomic mass is 19.4. The van der Waals surface area contributed by atoms with Crippen LogP contribution in [0.2, 0.25) is 0 Å². The minimum atomic E-state index is -4.52. The van der Waals surface area contributed by atoms with Gasteiger partial charge in [-0.3, -0.25) is 4.79 Å². The number of aromatic nitrogens is 1. The fourth-order valence-corrected chi connectivity index (χ4v) is 5.12. The third-order valence-electron chi connectivity index (χ3n) is 6.63. The molecule has 8 heteroatoms. The molecule has 0 aliphatic heterocycles. The molecule has 1 aromatic heterocycles. The van der Waals surface area contributed by atoms with Crippen LogP contribution in [0.15, 0.2) is 54.6 Å². The number of hydrogen-bond donors (Lipinski definition) is 2. The van der Waals surface area contributed by atoms with Crippen LogP contribution in [-0.4, -0.2) is 23.0 Å². The lowest BCUT2D eigenvalue weighted by molar-refractivity contribution is -0.140. The van der Waals surface area contributed by atoms with Crippen molar-refractivity contribution in [2.45, 2.75) is 37.5 Å². The van der Waals surface area contributed by atoms with Gasteiger partial charge in [-0.2, -0.15) is 13.2 Å². The maximum atomic E-state index is 13.3. The molecule has 5 rings (SSSR count). The van der Waals surface area contributed by atoms with Crippen LogP contribution in [0.25, 0.3) is 10.9 Å². The summed E-state index contributed by atoms with van der Waals surface area (Å²) < 4.78 is 53.1. The van der Waals surface area contributed by atoms with Crippen molar-refractivity contribution in [1.82, 2.24) is 10.3 Å². The summed E-state index contributed by atoms with van der Waals surface area (Å²) in [5.41, 5.74) is 0.239. The Morgan fingerprint density at radius 2 is 1.62 bits per heavy atom. The van der Waals surface area contributed by atoms with Crippen LogP contribution in [0.5, 0.6) is 0 Å². The SMILES string of the molecule is O=C(NC1CC2CC1C[C@@H]2Nc1cc(C(F)(F)F)nc2ccccc12)c1ccc(F)cc1. The van der Waals surface area contributed by atoms with Gasteiger partial charge in [0.2, 0.25) is 0 Å². The topological polar surface area (TPSA) is 54.0 Å². The standard InChI is InChI=1S/C24H21F4N3O/c25-16-7-5-13(6-8-16)23(32)31-20-11-14-9-15(20)10-19(14)29-21-12-22(24(26,27)28)30-18-4-2-1-3-17(18)21/h1-8,12,14-15,19-20H,9-11H2,(H,29,30)(H,31,32)/t14?,15?,19-,20?/m0/s1.